The first-order chi connectivity index (χ1) is 7.63. The Bertz CT molecular complexity index is 226. The molecule has 0 unspecified atom stereocenters. The van der Waals surface area contributed by atoms with Crippen molar-refractivity contribution in [3.8, 4) is 0 Å². The van der Waals surface area contributed by atoms with Gasteiger partial charge in [-0.15, -0.1) is 0 Å². The third kappa shape index (κ3) is 2.74. The number of hydrogen-bond acceptors (Lipinski definition) is 4. The quantitative estimate of drug-likeness (QED) is 0.783. The lowest BCUT2D eigenvalue weighted by Gasteiger charge is -2.38. The highest BCUT2D eigenvalue weighted by Crippen LogP contribution is 2.33. The molecule has 94 valence electrons. The van der Waals surface area contributed by atoms with Crippen LogP contribution in [0.5, 0.6) is 0 Å². The van der Waals surface area contributed by atoms with Gasteiger partial charge >= 0.3 is 0 Å². The second-order valence-electron chi connectivity index (χ2n) is 5.01. The summed E-state index contributed by atoms with van der Waals surface area (Å²) in [6, 6.07) is 0. The molecule has 0 aromatic rings. The fourth-order valence-corrected chi connectivity index (χ4v) is 2.47. The lowest BCUT2D eigenvalue weighted by Crippen LogP contribution is -2.47. The van der Waals surface area contributed by atoms with Gasteiger partial charge in [-0.1, -0.05) is 6.92 Å². The van der Waals surface area contributed by atoms with Crippen LogP contribution in [0.15, 0.2) is 0 Å². The van der Waals surface area contributed by atoms with Gasteiger partial charge in [-0.3, -0.25) is 0 Å². The van der Waals surface area contributed by atoms with Gasteiger partial charge in [-0.05, 0) is 13.3 Å². The molecule has 2 heterocycles. The SMILES string of the molecule is CC[C@H](O)CN1CCC2(CC1)OC[C@H](C)O2. The molecule has 2 saturated heterocycles. The molecule has 0 amide bonds. The molecule has 16 heavy (non-hydrogen) atoms. The minimum absolute atomic E-state index is 0.196. The van der Waals surface area contributed by atoms with E-state index in [1.807, 2.05) is 6.92 Å². The number of rotatable bonds is 3. The van der Waals surface area contributed by atoms with Gasteiger partial charge in [0.1, 0.15) is 0 Å². The van der Waals surface area contributed by atoms with Gasteiger partial charge in [-0.2, -0.15) is 0 Å². The molecule has 0 saturated carbocycles. The van der Waals surface area contributed by atoms with E-state index in [9.17, 15) is 5.11 Å². The van der Waals surface area contributed by atoms with E-state index in [0.717, 1.165) is 45.5 Å². The molecular formula is C12H23NO3. The zero-order chi connectivity index (χ0) is 11.6. The summed E-state index contributed by atoms with van der Waals surface area (Å²) in [6.45, 7) is 7.50. The molecule has 0 radical (unpaired) electrons. The van der Waals surface area contributed by atoms with Crippen molar-refractivity contribution >= 4 is 0 Å². The molecule has 2 aliphatic rings. The number of piperidine rings is 1. The van der Waals surface area contributed by atoms with Gasteiger partial charge in [0.25, 0.3) is 0 Å². The van der Waals surface area contributed by atoms with Crippen molar-refractivity contribution in [1.29, 1.82) is 0 Å². The van der Waals surface area contributed by atoms with Crippen molar-refractivity contribution in [2.45, 2.75) is 51.1 Å². The van der Waals surface area contributed by atoms with Crippen molar-refractivity contribution in [1.82, 2.24) is 4.90 Å². The highest BCUT2D eigenvalue weighted by molar-refractivity contribution is 4.85. The Morgan fingerprint density at radius 3 is 2.62 bits per heavy atom. The Kier molecular flexibility index (Phi) is 3.85. The number of likely N-dealkylation sites (tertiary alicyclic amines) is 1. The van der Waals surface area contributed by atoms with Crippen LogP contribution in [0.4, 0.5) is 0 Å². The Morgan fingerprint density at radius 2 is 2.12 bits per heavy atom. The smallest absolute Gasteiger partial charge is 0.171 e. The Hall–Kier alpha value is -0.160. The molecule has 0 aliphatic carbocycles. The van der Waals surface area contributed by atoms with Crippen LogP contribution >= 0.6 is 0 Å². The number of aliphatic hydroxyl groups excluding tert-OH is 1. The number of hydrogen-bond donors (Lipinski definition) is 1. The summed E-state index contributed by atoms with van der Waals surface area (Å²) in [7, 11) is 0. The first-order valence-electron chi connectivity index (χ1n) is 6.36. The maximum Gasteiger partial charge on any atom is 0.171 e. The standard InChI is InChI=1S/C12H23NO3/c1-3-11(14)8-13-6-4-12(5-7-13)15-9-10(2)16-12/h10-11,14H,3-9H2,1-2H3/t10-,11-/m0/s1. The Morgan fingerprint density at radius 1 is 1.44 bits per heavy atom. The highest BCUT2D eigenvalue weighted by Gasteiger charge is 2.42. The fourth-order valence-electron chi connectivity index (χ4n) is 2.47. The summed E-state index contributed by atoms with van der Waals surface area (Å²) in [5.74, 6) is -0.312. The molecule has 1 spiro atoms. The molecule has 0 aromatic carbocycles. The molecule has 4 heteroatoms. The molecule has 2 rings (SSSR count). The topological polar surface area (TPSA) is 41.9 Å². The summed E-state index contributed by atoms with van der Waals surface area (Å²) < 4.78 is 11.6. The van der Waals surface area contributed by atoms with E-state index in [1.165, 1.54) is 0 Å². The molecule has 2 aliphatic heterocycles. The van der Waals surface area contributed by atoms with E-state index in [4.69, 9.17) is 9.47 Å². The van der Waals surface area contributed by atoms with Crippen molar-refractivity contribution in [3.63, 3.8) is 0 Å². The van der Waals surface area contributed by atoms with Crippen LogP contribution in [0.2, 0.25) is 0 Å². The van der Waals surface area contributed by atoms with Crippen molar-refractivity contribution in [2.24, 2.45) is 0 Å². The van der Waals surface area contributed by atoms with E-state index >= 15 is 0 Å². The minimum Gasteiger partial charge on any atom is -0.392 e. The Labute approximate surface area is 97.5 Å². The molecule has 2 fully saturated rings. The van der Waals surface area contributed by atoms with Gasteiger partial charge in [-0.25, -0.2) is 0 Å². The average Bonchev–Trinajstić information content (AvgIpc) is 2.64. The van der Waals surface area contributed by atoms with Crippen LogP contribution in [-0.2, 0) is 9.47 Å². The molecular weight excluding hydrogens is 206 g/mol. The number of β-amino-alcohol motifs (C(OH)–C–C–N with tert-alkyl or cyclic N) is 1. The Balaban J connectivity index is 1.78. The van der Waals surface area contributed by atoms with Crippen LogP contribution in [0.25, 0.3) is 0 Å². The first kappa shape index (κ1) is 12.3. The third-order valence-corrected chi connectivity index (χ3v) is 3.56. The van der Waals surface area contributed by atoms with E-state index in [2.05, 4.69) is 11.8 Å². The lowest BCUT2D eigenvalue weighted by atomic mass is 10.0. The molecule has 1 N–H and O–H groups in total. The maximum atomic E-state index is 9.60. The van der Waals surface area contributed by atoms with Crippen molar-refractivity contribution in [2.75, 3.05) is 26.2 Å². The summed E-state index contributed by atoms with van der Waals surface area (Å²) >= 11 is 0. The van der Waals surface area contributed by atoms with Gasteiger partial charge in [0.15, 0.2) is 5.79 Å². The van der Waals surface area contributed by atoms with Gasteiger partial charge in [0.2, 0.25) is 0 Å². The van der Waals surface area contributed by atoms with Crippen molar-refractivity contribution < 1.29 is 14.6 Å². The average molecular weight is 229 g/mol. The molecule has 2 atom stereocenters. The summed E-state index contributed by atoms with van der Waals surface area (Å²) in [5, 5.41) is 9.60. The number of aliphatic hydroxyl groups is 1. The van der Waals surface area contributed by atoms with Crippen LogP contribution in [0.3, 0.4) is 0 Å². The number of ether oxygens (including phenoxy) is 2. The van der Waals surface area contributed by atoms with E-state index in [0.29, 0.717) is 0 Å². The summed E-state index contributed by atoms with van der Waals surface area (Å²) in [5.41, 5.74) is 0. The lowest BCUT2D eigenvalue weighted by molar-refractivity contribution is -0.194. The van der Waals surface area contributed by atoms with Crippen LogP contribution in [0.1, 0.15) is 33.1 Å². The zero-order valence-electron chi connectivity index (χ0n) is 10.3. The highest BCUT2D eigenvalue weighted by atomic mass is 16.7. The maximum absolute atomic E-state index is 9.60. The van der Waals surface area contributed by atoms with Crippen molar-refractivity contribution in [3.05, 3.63) is 0 Å². The summed E-state index contributed by atoms with van der Waals surface area (Å²) in [4.78, 5) is 2.30. The zero-order valence-corrected chi connectivity index (χ0v) is 10.3. The van der Waals surface area contributed by atoms with Crippen LogP contribution in [0, 0.1) is 0 Å². The minimum atomic E-state index is -0.312. The van der Waals surface area contributed by atoms with E-state index in [-0.39, 0.29) is 18.0 Å². The molecule has 0 aromatic heterocycles. The molecule has 0 bridgehead atoms. The van der Waals surface area contributed by atoms with Crippen LogP contribution in [-0.4, -0.2) is 54.2 Å². The first-order valence-corrected chi connectivity index (χ1v) is 6.36. The van der Waals surface area contributed by atoms with Gasteiger partial charge < -0.3 is 19.5 Å². The predicted molar refractivity (Wildman–Crippen MR) is 61.2 cm³/mol. The second kappa shape index (κ2) is 5.00. The van der Waals surface area contributed by atoms with E-state index in [1.54, 1.807) is 0 Å². The van der Waals surface area contributed by atoms with Crippen LogP contribution < -0.4 is 0 Å². The van der Waals surface area contributed by atoms with Gasteiger partial charge in [0, 0.05) is 32.5 Å². The largest absolute Gasteiger partial charge is 0.392 e. The third-order valence-electron chi connectivity index (χ3n) is 3.56. The summed E-state index contributed by atoms with van der Waals surface area (Å²) in [6.07, 6.45) is 2.71. The monoisotopic (exact) mass is 229 g/mol. The van der Waals surface area contributed by atoms with E-state index < -0.39 is 0 Å². The fraction of sp³-hybridized carbons (Fsp3) is 1.00. The molecule has 4 nitrogen and oxygen atoms in total. The predicted octanol–water partition coefficient (Wildman–Crippen LogP) is 0.985. The normalized spacial score (nSPS) is 32.1. The second-order valence-corrected chi connectivity index (χ2v) is 5.01. The number of nitrogens with zero attached hydrogens (tertiary/aromatic N) is 1. The van der Waals surface area contributed by atoms with Gasteiger partial charge in [0.05, 0.1) is 18.8 Å².